The van der Waals surface area contributed by atoms with E-state index in [1.807, 2.05) is 6.92 Å². The molecular formula is C19H40O4S. The first kappa shape index (κ1) is 23.9. The molecule has 0 heterocycles. The fourth-order valence-electron chi connectivity index (χ4n) is 3.08. The summed E-state index contributed by atoms with van der Waals surface area (Å²) in [6, 6.07) is 0. The second-order valence-electron chi connectivity index (χ2n) is 7.10. The lowest BCUT2D eigenvalue weighted by Crippen LogP contribution is -2.20. The summed E-state index contributed by atoms with van der Waals surface area (Å²) in [5.41, 5.74) is 0. The molecule has 146 valence electrons. The van der Waals surface area contributed by atoms with Gasteiger partial charge < -0.3 is 5.11 Å². The standard InChI is InChI=1S/C19H40O4S/c1-3-5-6-7-8-9-10-11-12-16-19(24(21,22)23)17-14-13-15-18(20)4-2/h18-20H,3-17H2,1-2H3,(H,21,22,23). The smallest absolute Gasteiger partial charge is 0.267 e. The molecule has 0 aliphatic heterocycles. The molecule has 24 heavy (non-hydrogen) atoms. The van der Waals surface area contributed by atoms with E-state index in [2.05, 4.69) is 6.92 Å². The van der Waals surface area contributed by atoms with Crippen molar-refractivity contribution in [2.45, 2.75) is 122 Å². The summed E-state index contributed by atoms with van der Waals surface area (Å²) in [6.45, 7) is 4.16. The first-order chi connectivity index (χ1) is 11.4. The van der Waals surface area contributed by atoms with Crippen molar-refractivity contribution in [3.63, 3.8) is 0 Å². The fourth-order valence-corrected chi connectivity index (χ4v) is 4.01. The number of aliphatic hydroxyl groups excluding tert-OH is 1. The Kier molecular flexibility index (Phi) is 15.1. The lowest BCUT2D eigenvalue weighted by molar-refractivity contribution is 0.156. The number of hydrogen-bond acceptors (Lipinski definition) is 3. The Bertz CT molecular complexity index is 368. The fraction of sp³-hybridized carbons (Fsp3) is 1.00. The quantitative estimate of drug-likeness (QED) is 0.264. The minimum Gasteiger partial charge on any atom is -0.393 e. The first-order valence-corrected chi connectivity index (χ1v) is 11.6. The lowest BCUT2D eigenvalue weighted by atomic mass is 10.0. The van der Waals surface area contributed by atoms with Gasteiger partial charge in [0.05, 0.1) is 11.4 Å². The van der Waals surface area contributed by atoms with Gasteiger partial charge in [0.2, 0.25) is 0 Å². The van der Waals surface area contributed by atoms with E-state index in [1.54, 1.807) is 0 Å². The summed E-state index contributed by atoms with van der Waals surface area (Å²) < 4.78 is 32.4. The Labute approximate surface area is 150 Å². The third kappa shape index (κ3) is 14.2. The van der Waals surface area contributed by atoms with Crippen molar-refractivity contribution < 1.29 is 18.1 Å². The van der Waals surface area contributed by atoms with Crippen molar-refractivity contribution in [1.29, 1.82) is 0 Å². The van der Waals surface area contributed by atoms with Crippen LogP contribution in [0.15, 0.2) is 0 Å². The van der Waals surface area contributed by atoms with Gasteiger partial charge in [-0.15, -0.1) is 0 Å². The highest BCUT2D eigenvalue weighted by molar-refractivity contribution is 7.86. The minimum atomic E-state index is -3.94. The van der Waals surface area contributed by atoms with Gasteiger partial charge >= 0.3 is 0 Å². The maximum Gasteiger partial charge on any atom is 0.267 e. The van der Waals surface area contributed by atoms with Gasteiger partial charge in [-0.2, -0.15) is 8.42 Å². The molecule has 0 saturated carbocycles. The van der Waals surface area contributed by atoms with Gasteiger partial charge in [-0.3, -0.25) is 4.55 Å². The molecule has 0 rings (SSSR count). The van der Waals surface area contributed by atoms with Crippen LogP contribution in [0, 0.1) is 0 Å². The number of aliphatic hydroxyl groups is 1. The molecule has 2 atom stereocenters. The number of rotatable bonds is 17. The number of hydrogen-bond donors (Lipinski definition) is 2. The van der Waals surface area contributed by atoms with E-state index in [9.17, 15) is 18.1 Å². The average molecular weight is 365 g/mol. The van der Waals surface area contributed by atoms with Crippen LogP contribution in [-0.4, -0.2) is 29.4 Å². The van der Waals surface area contributed by atoms with Crippen LogP contribution in [-0.2, 0) is 10.1 Å². The molecule has 0 aliphatic carbocycles. The van der Waals surface area contributed by atoms with Crippen molar-refractivity contribution in [3.8, 4) is 0 Å². The van der Waals surface area contributed by atoms with Crippen LogP contribution in [0.4, 0.5) is 0 Å². The molecule has 2 N–H and O–H groups in total. The zero-order valence-electron chi connectivity index (χ0n) is 15.9. The summed E-state index contributed by atoms with van der Waals surface area (Å²) in [5.74, 6) is 0. The molecule has 0 fully saturated rings. The number of unbranched alkanes of at least 4 members (excludes halogenated alkanes) is 9. The van der Waals surface area contributed by atoms with Crippen LogP contribution >= 0.6 is 0 Å². The molecule has 0 amide bonds. The third-order valence-corrected chi connectivity index (χ3v) is 6.15. The van der Waals surface area contributed by atoms with E-state index in [-0.39, 0.29) is 6.10 Å². The van der Waals surface area contributed by atoms with E-state index in [4.69, 9.17) is 0 Å². The summed E-state index contributed by atoms with van der Waals surface area (Å²) in [4.78, 5) is 0. The van der Waals surface area contributed by atoms with E-state index < -0.39 is 15.4 Å². The summed E-state index contributed by atoms with van der Waals surface area (Å²) in [7, 11) is -3.94. The van der Waals surface area contributed by atoms with E-state index in [0.29, 0.717) is 19.3 Å². The van der Waals surface area contributed by atoms with Crippen LogP contribution in [0.1, 0.15) is 110 Å². The average Bonchev–Trinajstić information content (AvgIpc) is 2.53. The summed E-state index contributed by atoms with van der Waals surface area (Å²) in [5, 5.41) is 8.88. The Morgan fingerprint density at radius 2 is 1.12 bits per heavy atom. The molecular weight excluding hydrogens is 324 g/mol. The zero-order chi connectivity index (χ0) is 18.3. The SMILES string of the molecule is CCCCCCCCCCCC(CCCCC(O)CC)S(=O)(=O)O. The molecule has 2 unspecified atom stereocenters. The minimum absolute atomic E-state index is 0.286. The topological polar surface area (TPSA) is 74.6 Å². The molecule has 0 radical (unpaired) electrons. The van der Waals surface area contributed by atoms with Crippen LogP contribution in [0.25, 0.3) is 0 Å². The van der Waals surface area contributed by atoms with Gasteiger partial charge in [-0.25, -0.2) is 0 Å². The highest BCUT2D eigenvalue weighted by Gasteiger charge is 2.21. The van der Waals surface area contributed by atoms with Crippen LogP contribution < -0.4 is 0 Å². The highest BCUT2D eigenvalue weighted by Crippen LogP contribution is 2.19. The predicted molar refractivity (Wildman–Crippen MR) is 102 cm³/mol. The second-order valence-corrected chi connectivity index (χ2v) is 8.80. The maximum absolute atomic E-state index is 11.5. The second kappa shape index (κ2) is 15.2. The Morgan fingerprint density at radius 3 is 1.58 bits per heavy atom. The third-order valence-electron chi connectivity index (χ3n) is 4.84. The monoisotopic (exact) mass is 364 g/mol. The molecule has 0 saturated heterocycles. The Hall–Kier alpha value is -0.130. The molecule has 0 aromatic rings. The maximum atomic E-state index is 11.5. The molecule has 0 spiro atoms. The van der Waals surface area contributed by atoms with Crippen molar-refractivity contribution in [2.24, 2.45) is 0 Å². The van der Waals surface area contributed by atoms with Gasteiger partial charge in [0.1, 0.15) is 0 Å². The Morgan fingerprint density at radius 1 is 0.708 bits per heavy atom. The molecule has 0 aromatic carbocycles. The predicted octanol–water partition coefficient (Wildman–Crippen LogP) is 5.50. The van der Waals surface area contributed by atoms with E-state index >= 15 is 0 Å². The van der Waals surface area contributed by atoms with Crippen LogP contribution in [0.3, 0.4) is 0 Å². The first-order valence-electron chi connectivity index (χ1n) is 10.1. The summed E-state index contributed by atoms with van der Waals surface area (Å²) >= 11 is 0. The summed E-state index contributed by atoms with van der Waals surface area (Å²) in [6.07, 6.45) is 14.6. The molecule has 0 bridgehead atoms. The zero-order valence-corrected chi connectivity index (χ0v) is 16.7. The molecule has 5 heteroatoms. The highest BCUT2D eigenvalue weighted by atomic mass is 32.2. The van der Waals surface area contributed by atoms with Gasteiger partial charge in [0.15, 0.2) is 0 Å². The van der Waals surface area contributed by atoms with Crippen molar-refractivity contribution in [2.75, 3.05) is 0 Å². The van der Waals surface area contributed by atoms with Gasteiger partial charge in [-0.1, -0.05) is 84.5 Å². The van der Waals surface area contributed by atoms with Crippen LogP contribution in [0.5, 0.6) is 0 Å². The van der Waals surface area contributed by atoms with Crippen molar-refractivity contribution in [1.82, 2.24) is 0 Å². The van der Waals surface area contributed by atoms with Crippen LogP contribution in [0.2, 0.25) is 0 Å². The normalized spacial score (nSPS) is 14.7. The van der Waals surface area contributed by atoms with Gasteiger partial charge in [-0.05, 0) is 25.7 Å². The van der Waals surface area contributed by atoms with E-state index in [0.717, 1.165) is 38.5 Å². The van der Waals surface area contributed by atoms with E-state index in [1.165, 1.54) is 38.5 Å². The molecule has 4 nitrogen and oxygen atoms in total. The molecule has 0 aliphatic rings. The van der Waals surface area contributed by atoms with Gasteiger partial charge in [0.25, 0.3) is 10.1 Å². The van der Waals surface area contributed by atoms with Crippen molar-refractivity contribution >= 4 is 10.1 Å². The van der Waals surface area contributed by atoms with Crippen molar-refractivity contribution in [3.05, 3.63) is 0 Å². The van der Waals surface area contributed by atoms with Gasteiger partial charge in [0, 0.05) is 0 Å². The lowest BCUT2D eigenvalue weighted by Gasteiger charge is -2.14. The largest absolute Gasteiger partial charge is 0.393 e. The Balaban J connectivity index is 3.77. The molecule has 0 aromatic heterocycles.